The van der Waals surface area contributed by atoms with Gasteiger partial charge in [-0.3, -0.25) is 9.59 Å². The van der Waals surface area contributed by atoms with Crippen molar-refractivity contribution in [3.8, 4) is 5.75 Å². The zero-order valence-corrected chi connectivity index (χ0v) is 15.6. The average Bonchev–Trinajstić information content (AvgIpc) is 2.79. The summed E-state index contributed by atoms with van der Waals surface area (Å²) < 4.78 is 5.55. The van der Waals surface area contributed by atoms with Gasteiger partial charge >= 0.3 is 0 Å². The predicted molar refractivity (Wildman–Crippen MR) is 103 cm³/mol. The maximum Gasteiger partial charge on any atom is 0.283 e. The number of anilines is 2. The molecular weight excluding hydrogens is 352 g/mol. The fourth-order valence-electron chi connectivity index (χ4n) is 2.91. The number of ether oxygens (including phenoxy) is 1. The summed E-state index contributed by atoms with van der Waals surface area (Å²) in [5, 5.41) is 2.83. The minimum atomic E-state index is -0.543. The van der Waals surface area contributed by atoms with Gasteiger partial charge < -0.3 is 10.1 Å². The number of amides is 2. The number of hydrogen-bond donors (Lipinski definition) is 1. The van der Waals surface area contributed by atoms with Crippen LogP contribution in [0.4, 0.5) is 11.4 Å². The summed E-state index contributed by atoms with van der Waals surface area (Å²) in [4.78, 5) is 26.6. The predicted octanol–water partition coefficient (Wildman–Crippen LogP) is 4.14. The highest BCUT2D eigenvalue weighted by Gasteiger charge is 2.39. The van der Waals surface area contributed by atoms with Crippen molar-refractivity contribution in [2.75, 3.05) is 16.8 Å². The lowest BCUT2D eigenvalue weighted by Gasteiger charge is -2.17. The molecule has 0 atom stereocenters. The Morgan fingerprint density at radius 1 is 1.04 bits per heavy atom. The fraction of sp³-hybridized carbons (Fsp3) is 0.200. The van der Waals surface area contributed by atoms with Gasteiger partial charge in [0.25, 0.3) is 11.8 Å². The number of imide groups is 1. The van der Waals surface area contributed by atoms with Crippen LogP contribution >= 0.6 is 11.6 Å². The van der Waals surface area contributed by atoms with E-state index in [2.05, 4.69) is 5.32 Å². The van der Waals surface area contributed by atoms with Crippen molar-refractivity contribution in [1.29, 1.82) is 0 Å². The molecule has 134 valence electrons. The van der Waals surface area contributed by atoms with Gasteiger partial charge in [-0.05, 0) is 56.2 Å². The van der Waals surface area contributed by atoms with E-state index in [1.807, 2.05) is 39.0 Å². The van der Waals surface area contributed by atoms with E-state index in [0.717, 1.165) is 16.0 Å². The first-order valence-corrected chi connectivity index (χ1v) is 8.66. The topological polar surface area (TPSA) is 58.6 Å². The van der Waals surface area contributed by atoms with Crippen LogP contribution in [0.2, 0.25) is 0 Å². The van der Waals surface area contributed by atoms with Crippen LogP contribution in [0.15, 0.2) is 53.2 Å². The minimum Gasteiger partial charge on any atom is -0.492 e. The fourth-order valence-corrected chi connectivity index (χ4v) is 3.12. The molecule has 0 unspecified atom stereocenters. The number of para-hydroxylation sites is 2. The molecule has 1 aliphatic heterocycles. The molecular formula is C20H19ClN2O3. The number of carbonyl (C=O) groups excluding carboxylic acids is 2. The minimum absolute atomic E-state index is 0.0444. The van der Waals surface area contributed by atoms with E-state index in [1.165, 1.54) is 0 Å². The molecule has 1 aliphatic rings. The van der Waals surface area contributed by atoms with Gasteiger partial charge in [-0.1, -0.05) is 29.8 Å². The Kier molecular flexibility index (Phi) is 5.00. The molecule has 1 heterocycles. The molecule has 6 heteroatoms. The van der Waals surface area contributed by atoms with Crippen molar-refractivity contribution < 1.29 is 14.3 Å². The van der Waals surface area contributed by atoms with E-state index in [1.54, 1.807) is 24.3 Å². The number of halogens is 1. The van der Waals surface area contributed by atoms with Gasteiger partial charge in [0.15, 0.2) is 0 Å². The van der Waals surface area contributed by atoms with Gasteiger partial charge in [0.05, 0.1) is 18.0 Å². The van der Waals surface area contributed by atoms with Crippen molar-refractivity contribution in [3.63, 3.8) is 0 Å². The molecule has 0 saturated heterocycles. The molecule has 0 saturated carbocycles. The number of aryl methyl sites for hydroxylation is 2. The number of rotatable bonds is 5. The molecule has 2 aromatic carbocycles. The maximum atomic E-state index is 12.9. The summed E-state index contributed by atoms with van der Waals surface area (Å²) in [5.74, 6) is -0.452. The Hall–Kier alpha value is -2.79. The summed E-state index contributed by atoms with van der Waals surface area (Å²) in [7, 11) is 0. The van der Waals surface area contributed by atoms with Crippen LogP contribution in [0.5, 0.6) is 5.75 Å². The number of benzene rings is 2. The third-order valence-electron chi connectivity index (χ3n) is 3.94. The molecule has 0 aliphatic carbocycles. The van der Waals surface area contributed by atoms with Gasteiger partial charge in [0, 0.05) is 0 Å². The lowest BCUT2D eigenvalue weighted by molar-refractivity contribution is -0.120. The quantitative estimate of drug-likeness (QED) is 0.804. The van der Waals surface area contributed by atoms with E-state index in [9.17, 15) is 9.59 Å². The molecule has 1 N–H and O–H groups in total. The third kappa shape index (κ3) is 3.30. The molecule has 2 amide bonds. The Bertz CT molecular complexity index is 901. The molecule has 0 fully saturated rings. The van der Waals surface area contributed by atoms with Crippen molar-refractivity contribution >= 4 is 34.8 Å². The van der Waals surface area contributed by atoms with Crippen molar-refractivity contribution in [3.05, 3.63) is 64.3 Å². The highest BCUT2D eigenvalue weighted by Crippen LogP contribution is 2.33. The Labute approximate surface area is 157 Å². The summed E-state index contributed by atoms with van der Waals surface area (Å²) >= 11 is 6.19. The summed E-state index contributed by atoms with van der Waals surface area (Å²) in [5.41, 5.74) is 3.04. The first-order chi connectivity index (χ1) is 12.4. The van der Waals surface area contributed by atoms with Crippen LogP contribution in [0.1, 0.15) is 18.1 Å². The Balaban J connectivity index is 1.95. The largest absolute Gasteiger partial charge is 0.492 e. The van der Waals surface area contributed by atoms with E-state index < -0.39 is 11.8 Å². The summed E-state index contributed by atoms with van der Waals surface area (Å²) in [6, 6.07) is 12.7. The highest BCUT2D eigenvalue weighted by atomic mass is 35.5. The standard InChI is InChI=1S/C20H19ClN2O3/c1-4-26-16-8-6-5-7-15(16)22-18-17(21)19(24)23(20(18)25)14-10-12(2)9-13(3)11-14/h5-11,22H,4H2,1-3H3. The van der Waals surface area contributed by atoms with Crippen molar-refractivity contribution in [2.24, 2.45) is 0 Å². The molecule has 0 spiro atoms. The molecule has 3 rings (SSSR count). The number of hydrogen-bond acceptors (Lipinski definition) is 4. The van der Waals surface area contributed by atoms with Crippen LogP contribution in [-0.4, -0.2) is 18.4 Å². The van der Waals surface area contributed by atoms with E-state index in [-0.39, 0.29) is 10.7 Å². The van der Waals surface area contributed by atoms with Crippen LogP contribution in [-0.2, 0) is 9.59 Å². The van der Waals surface area contributed by atoms with Crippen molar-refractivity contribution in [2.45, 2.75) is 20.8 Å². The second kappa shape index (κ2) is 7.22. The number of nitrogens with zero attached hydrogens (tertiary/aromatic N) is 1. The van der Waals surface area contributed by atoms with E-state index in [4.69, 9.17) is 16.3 Å². The first-order valence-electron chi connectivity index (χ1n) is 8.28. The lowest BCUT2D eigenvalue weighted by atomic mass is 10.1. The molecule has 2 aromatic rings. The van der Waals surface area contributed by atoms with E-state index >= 15 is 0 Å². The molecule has 0 aromatic heterocycles. The van der Waals surface area contributed by atoms with Crippen LogP contribution in [0.25, 0.3) is 0 Å². The van der Waals surface area contributed by atoms with Crippen LogP contribution in [0, 0.1) is 13.8 Å². The van der Waals surface area contributed by atoms with Gasteiger partial charge in [-0.15, -0.1) is 0 Å². The third-order valence-corrected chi connectivity index (χ3v) is 4.29. The molecule has 5 nitrogen and oxygen atoms in total. The smallest absolute Gasteiger partial charge is 0.283 e. The first kappa shape index (κ1) is 18.0. The summed E-state index contributed by atoms with van der Waals surface area (Å²) in [6.07, 6.45) is 0. The van der Waals surface area contributed by atoms with Gasteiger partial charge in [0.1, 0.15) is 16.5 Å². The van der Waals surface area contributed by atoms with Crippen LogP contribution < -0.4 is 15.0 Å². The van der Waals surface area contributed by atoms with Gasteiger partial charge in [-0.25, -0.2) is 4.90 Å². The zero-order valence-electron chi connectivity index (χ0n) is 14.8. The Morgan fingerprint density at radius 3 is 2.35 bits per heavy atom. The van der Waals surface area contributed by atoms with Crippen LogP contribution in [0.3, 0.4) is 0 Å². The second-order valence-corrected chi connectivity index (χ2v) is 6.41. The second-order valence-electron chi connectivity index (χ2n) is 6.03. The monoisotopic (exact) mass is 370 g/mol. The Morgan fingerprint density at radius 2 is 1.69 bits per heavy atom. The highest BCUT2D eigenvalue weighted by molar-refractivity contribution is 6.53. The van der Waals surface area contributed by atoms with Gasteiger partial charge in [0.2, 0.25) is 0 Å². The summed E-state index contributed by atoms with van der Waals surface area (Å²) in [6.45, 7) is 6.17. The maximum absolute atomic E-state index is 12.9. The van der Waals surface area contributed by atoms with Gasteiger partial charge in [-0.2, -0.15) is 0 Å². The average molecular weight is 371 g/mol. The normalized spacial score (nSPS) is 14.2. The van der Waals surface area contributed by atoms with Crippen molar-refractivity contribution in [1.82, 2.24) is 0 Å². The molecule has 0 bridgehead atoms. The number of carbonyl (C=O) groups is 2. The SMILES string of the molecule is CCOc1ccccc1NC1=C(Cl)C(=O)N(c2cc(C)cc(C)c2)C1=O. The van der Waals surface area contributed by atoms with E-state index in [0.29, 0.717) is 23.7 Å². The zero-order chi connectivity index (χ0) is 18.8. The molecule has 26 heavy (non-hydrogen) atoms. The lowest BCUT2D eigenvalue weighted by Crippen LogP contribution is -2.32. The molecule has 0 radical (unpaired) electrons. The number of nitrogens with one attached hydrogen (secondary N) is 1.